The van der Waals surface area contributed by atoms with Crippen LogP contribution in [0.3, 0.4) is 0 Å². The maximum Gasteiger partial charge on any atom is 0.267 e. The molecular formula is C14H9BrClN5O. The second-order valence-corrected chi connectivity index (χ2v) is 5.36. The van der Waals surface area contributed by atoms with Crippen LogP contribution >= 0.6 is 27.5 Å². The van der Waals surface area contributed by atoms with Crippen LogP contribution in [-0.4, -0.2) is 15.9 Å². The first-order chi connectivity index (χ1) is 10.6. The fraction of sp³-hybridized carbons (Fsp3) is 0. The Labute approximate surface area is 140 Å². The van der Waals surface area contributed by atoms with Crippen molar-refractivity contribution < 1.29 is 4.79 Å². The maximum atomic E-state index is 12.0. The number of nitrogens with zero attached hydrogens (tertiary/aromatic N) is 3. The topological polar surface area (TPSA) is 90.7 Å². The van der Waals surface area contributed by atoms with Crippen LogP contribution < -0.4 is 10.6 Å². The van der Waals surface area contributed by atoms with Crippen LogP contribution in [0, 0.1) is 11.3 Å². The highest BCUT2D eigenvalue weighted by Crippen LogP contribution is 2.15. The van der Waals surface area contributed by atoms with Gasteiger partial charge in [-0.3, -0.25) is 4.79 Å². The lowest BCUT2D eigenvalue weighted by Crippen LogP contribution is -2.14. The van der Waals surface area contributed by atoms with Gasteiger partial charge in [0.15, 0.2) is 0 Å². The summed E-state index contributed by atoms with van der Waals surface area (Å²) in [7, 11) is 0. The van der Waals surface area contributed by atoms with Gasteiger partial charge in [-0.05, 0) is 34.1 Å². The van der Waals surface area contributed by atoms with Gasteiger partial charge in [0.05, 0.1) is 4.47 Å². The van der Waals surface area contributed by atoms with Crippen molar-refractivity contribution in [3.63, 3.8) is 0 Å². The summed E-state index contributed by atoms with van der Waals surface area (Å²) in [6, 6.07) is 8.44. The van der Waals surface area contributed by atoms with Gasteiger partial charge in [-0.25, -0.2) is 9.97 Å². The molecule has 0 aliphatic carbocycles. The number of anilines is 2. The highest BCUT2D eigenvalue weighted by Gasteiger charge is 2.09. The Morgan fingerprint density at radius 3 is 2.73 bits per heavy atom. The Balaban J connectivity index is 2.07. The van der Waals surface area contributed by atoms with Gasteiger partial charge in [-0.15, -0.1) is 0 Å². The smallest absolute Gasteiger partial charge is 0.267 e. The summed E-state index contributed by atoms with van der Waals surface area (Å²) in [4.78, 5) is 19.9. The van der Waals surface area contributed by atoms with Gasteiger partial charge >= 0.3 is 0 Å². The average Bonchev–Trinajstić information content (AvgIpc) is 2.49. The molecule has 0 atom stereocenters. The zero-order valence-electron chi connectivity index (χ0n) is 11.0. The number of rotatable bonds is 4. The minimum atomic E-state index is -0.561. The summed E-state index contributed by atoms with van der Waals surface area (Å²) in [6.45, 7) is 0. The summed E-state index contributed by atoms with van der Waals surface area (Å²) in [5.41, 5.74) is 0.380. The van der Waals surface area contributed by atoms with Crippen molar-refractivity contribution in [1.82, 2.24) is 9.97 Å². The molecule has 1 aromatic carbocycles. The highest BCUT2D eigenvalue weighted by molar-refractivity contribution is 9.10. The second kappa shape index (κ2) is 7.54. The minimum Gasteiger partial charge on any atom is -0.329 e. The van der Waals surface area contributed by atoms with E-state index in [-0.39, 0.29) is 11.5 Å². The summed E-state index contributed by atoms with van der Waals surface area (Å²) >= 11 is 9.04. The molecule has 6 nitrogen and oxygen atoms in total. The van der Waals surface area contributed by atoms with E-state index >= 15 is 0 Å². The summed E-state index contributed by atoms with van der Waals surface area (Å²) in [5, 5.41) is 14.8. The molecule has 0 bridgehead atoms. The lowest BCUT2D eigenvalue weighted by molar-refractivity contribution is -0.112. The standard InChI is InChI=1S/C14H9BrClN5O/c15-10-7-19-14(20-8-10)18-6-9(5-17)13(22)21-12-3-1-2-11(16)4-12/h1-4,6-8H,(H,21,22)(H,18,19,20)/b9-6-. The van der Waals surface area contributed by atoms with E-state index < -0.39 is 5.91 Å². The zero-order valence-corrected chi connectivity index (χ0v) is 13.4. The lowest BCUT2D eigenvalue weighted by atomic mass is 10.2. The van der Waals surface area contributed by atoms with Crippen LogP contribution in [0.4, 0.5) is 11.6 Å². The van der Waals surface area contributed by atoms with Crippen molar-refractivity contribution in [1.29, 1.82) is 5.26 Å². The molecule has 0 radical (unpaired) electrons. The normalized spacial score (nSPS) is 10.7. The molecule has 1 amide bonds. The van der Waals surface area contributed by atoms with Crippen LogP contribution in [0.1, 0.15) is 0 Å². The van der Waals surface area contributed by atoms with E-state index in [9.17, 15) is 4.79 Å². The Morgan fingerprint density at radius 1 is 1.36 bits per heavy atom. The third kappa shape index (κ3) is 4.55. The van der Waals surface area contributed by atoms with E-state index in [1.54, 1.807) is 36.7 Å². The molecule has 0 aliphatic rings. The van der Waals surface area contributed by atoms with Crippen LogP contribution in [0.2, 0.25) is 5.02 Å². The predicted octanol–water partition coefficient (Wildman–Crippen LogP) is 3.35. The molecule has 0 saturated carbocycles. The number of amides is 1. The van der Waals surface area contributed by atoms with Gasteiger partial charge in [0.2, 0.25) is 5.95 Å². The fourth-order valence-corrected chi connectivity index (χ4v) is 1.83. The molecule has 110 valence electrons. The zero-order chi connectivity index (χ0) is 15.9. The van der Waals surface area contributed by atoms with Crippen molar-refractivity contribution in [3.05, 3.63) is 57.9 Å². The number of aromatic nitrogens is 2. The number of carbonyl (C=O) groups excluding carboxylic acids is 1. The third-order valence-electron chi connectivity index (χ3n) is 2.41. The Morgan fingerprint density at radius 2 is 2.09 bits per heavy atom. The van der Waals surface area contributed by atoms with Gasteiger partial charge < -0.3 is 10.6 Å². The van der Waals surface area contributed by atoms with Crippen LogP contribution in [0.15, 0.2) is 52.9 Å². The fourth-order valence-electron chi connectivity index (χ4n) is 1.44. The molecule has 0 aliphatic heterocycles. The van der Waals surface area contributed by atoms with Crippen LogP contribution in [0.25, 0.3) is 0 Å². The van der Waals surface area contributed by atoms with Gasteiger partial charge in [-0.2, -0.15) is 5.26 Å². The van der Waals surface area contributed by atoms with E-state index in [2.05, 4.69) is 36.5 Å². The van der Waals surface area contributed by atoms with E-state index in [1.165, 1.54) is 6.20 Å². The SMILES string of the molecule is N#C/C(=C/Nc1ncc(Br)cn1)C(=O)Nc1cccc(Cl)c1. The van der Waals surface area contributed by atoms with E-state index in [0.29, 0.717) is 10.7 Å². The quantitative estimate of drug-likeness (QED) is 0.629. The number of hydrogen-bond acceptors (Lipinski definition) is 5. The molecule has 0 saturated heterocycles. The van der Waals surface area contributed by atoms with E-state index in [1.807, 2.05) is 6.07 Å². The molecule has 22 heavy (non-hydrogen) atoms. The number of carbonyl (C=O) groups is 1. The molecule has 1 heterocycles. The van der Waals surface area contributed by atoms with Crippen molar-refractivity contribution in [2.75, 3.05) is 10.6 Å². The molecule has 1 aromatic heterocycles. The number of hydrogen-bond donors (Lipinski definition) is 2. The molecular weight excluding hydrogens is 370 g/mol. The third-order valence-corrected chi connectivity index (χ3v) is 3.06. The molecule has 2 rings (SSSR count). The monoisotopic (exact) mass is 377 g/mol. The first kappa shape index (κ1) is 15.9. The first-order valence-corrected chi connectivity index (χ1v) is 7.17. The largest absolute Gasteiger partial charge is 0.329 e. The molecule has 8 heteroatoms. The predicted molar refractivity (Wildman–Crippen MR) is 87.1 cm³/mol. The van der Waals surface area contributed by atoms with Crippen molar-refractivity contribution in [2.24, 2.45) is 0 Å². The summed E-state index contributed by atoms with van der Waals surface area (Å²) < 4.78 is 0.723. The van der Waals surface area contributed by atoms with Crippen LogP contribution in [-0.2, 0) is 4.79 Å². The van der Waals surface area contributed by atoms with E-state index in [0.717, 1.165) is 4.47 Å². The Kier molecular flexibility index (Phi) is 5.47. The first-order valence-electron chi connectivity index (χ1n) is 6.00. The van der Waals surface area contributed by atoms with E-state index in [4.69, 9.17) is 16.9 Å². The van der Waals surface area contributed by atoms with Gasteiger partial charge in [-0.1, -0.05) is 17.7 Å². The molecule has 0 spiro atoms. The molecule has 0 fully saturated rings. The molecule has 0 unspecified atom stereocenters. The van der Waals surface area contributed by atoms with Gasteiger partial charge in [0.1, 0.15) is 11.6 Å². The second-order valence-electron chi connectivity index (χ2n) is 4.00. The number of nitrogens with one attached hydrogen (secondary N) is 2. The summed E-state index contributed by atoms with van der Waals surface area (Å²) in [6.07, 6.45) is 4.33. The lowest BCUT2D eigenvalue weighted by Gasteiger charge is -2.05. The van der Waals surface area contributed by atoms with Crippen LogP contribution in [0.5, 0.6) is 0 Å². The van der Waals surface area contributed by atoms with Crippen molar-refractivity contribution in [3.8, 4) is 6.07 Å². The average molecular weight is 379 g/mol. The maximum absolute atomic E-state index is 12.0. The van der Waals surface area contributed by atoms with Gasteiger partial charge in [0, 0.05) is 29.3 Å². The number of nitriles is 1. The molecule has 2 aromatic rings. The molecule has 2 N–H and O–H groups in total. The Hall–Kier alpha value is -2.43. The summed E-state index contributed by atoms with van der Waals surface area (Å²) in [5.74, 6) is -0.291. The Bertz CT molecular complexity index is 755. The highest BCUT2D eigenvalue weighted by atomic mass is 79.9. The minimum absolute atomic E-state index is 0.119. The van der Waals surface area contributed by atoms with Crippen molar-refractivity contribution >= 4 is 45.1 Å². The van der Waals surface area contributed by atoms with Gasteiger partial charge in [0.25, 0.3) is 5.91 Å². The van der Waals surface area contributed by atoms with Crippen molar-refractivity contribution in [2.45, 2.75) is 0 Å². The number of benzene rings is 1. The number of halogens is 2.